The summed E-state index contributed by atoms with van der Waals surface area (Å²) in [5.41, 5.74) is 0. The maximum Gasteiger partial charge on any atom is 0.0495 e. The molecule has 2 rings (SSSR count). The summed E-state index contributed by atoms with van der Waals surface area (Å²) in [7, 11) is 0. The maximum atomic E-state index is 5.42. The van der Waals surface area contributed by atoms with Gasteiger partial charge in [0.1, 0.15) is 0 Å². The Kier molecular flexibility index (Phi) is 5.93. The summed E-state index contributed by atoms with van der Waals surface area (Å²) >= 11 is 0. The van der Waals surface area contributed by atoms with Gasteiger partial charge in [0.05, 0.1) is 0 Å². The zero-order valence-corrected chi connectivity index (χ0v) is 12.2. The molecule has 0 aliphatic carbocycles. The van der Waals surface area contributed by atoms with Gasteiger partial charge in [-0.3, -0.25) is 0 Å². The molecule has 2 fully saturated rings. The van der Waals surface area contributed by atoms with Crippen molar-refractivity contribution in [1.29, 1.82) is 0 Å². The lowest BCUT2D eigenvalue weighted by Gasteiger charge is -2.33. The van der Waals surface area contributed by atoms with Gasteiger partial charge in [-0.2, -0.15) is 0 Å². The number of ether oxygens (including phenoxy) is 1. The minimum absolute atomic E-state index is 0.760. The molecule has 1 atom stereocenters. The highest BCUT2D eigenvalue weighted by Crippen LogP contribution is 2.16. The Morgan fingerprint density at radius 1 is 1.22 bits per heavy atom. The molecule has 3 nitrogen and oxygen atoms in total. The molecule has 2 aliphatic heterocycles. The van der Waals surface area contributed by atoms with Gasteiger partial charge in [0.25, 0.3) is 0 Å². The highest BCUT2D eigenvalue weighted by atomic mass is 16.5. The largest absolute Gasteiger partial charge is 0.381 e. The van der Waals surface area contributed by atoms with Gasteiger partial charge in [-0.15, -0.1) is 0 Å². The Morgan fingerprint density at radius 2 is 2.00 bits per heavy atom. The van der Waals surface area contributed by atoms with E-state index in [1.54, 1.807) is 0 Å². The first kappa shape index (κ1) is 14.3. The lowest BCUT2D eigenvalue weighted by molar-refractivity contribution is 0.174. The predicted octanol–water partition coefficient (Wildman–Crippen LogP) is 2.12. The molecule has 0 aromatic rings. The van der Waals surface area contributed by atoms with Gasteiger partial charge in [-0.25, -0.2) is 0 Å². The summed E-state index contributed by atoms with van der Waals surface area (Å²) in [5, 5.41) is 3.74. The number of nitrogens with zero attached hydrogens (tertiary/aromatic N) is 1. The third kappa shape index (κ3) is 4.87. The summed E-state index contributed by atoms with van der Waals surface area (Å²) in [6.45, 7) is 11.6. The number of hydrogen-bond donors (Lipinski definition) is 1. The van der Waals surface area contributed by atoms with E-state index in [0.29, 0.717) is 0 Å². The zero-order valence-electron chi connectivity index (χ0n) is 12.2. The predicted molar refractivity (Wildman–Crippen MR) is 75.8 cm³/mol. The molecule has 0 aromatic carbocycles. The summed E-state index contributed by atoms with van der Waals surface area (Å²) < 4.78 is 5.42. The molecule has 2 aliphatic rings. The molecule has 1 unspecified atom stereocenters. The van der Waals surface area contributed by atoms with Crippen molar-refractivity contribution in [3.05, 3.63) is 0 Å². The minimum atomic E-state index is 0.760. The zero-order chi connectivity index (χ0) is 12.8. The van der Waals surface area contributed by atoms with E-state index >= 15 is 0 Å². The number of rotatable bonds is 6. The fraction of sp³-hybridized carbons (Fsp3) is 1.00. The fourth-order valence-electron chi connectivity index (χ4n) is 3.14. The van der Waals surface area contributed by atoms with E-state index in [1.807, 2.05) is 0 Å². The van der Waals surface area contributed by atoms with Crippen molar-refractivity contribution in [3.63, 3.8) is 0 Å². The molecule has 18 heavy (non-hydrogen) atoms. The van der Waals surface area contributed by atoms with Gasteiger partial charge in [-0.1, -0.05) is 13.8 Å². The number of nitrogens with one attached hydrogen (secondary N) is 1. The van der Waals surface area contributed by atoms with Crippen molar-refractivity contribution < 1.29 is 4.74 Å². The molecule has 0 aromatic heterocycles. The van der Waals surface area contributed by atoms with E-state index in [4.69, 9.17) is 4.74 Å². The Morgan fingerprint density at radius 3 is 2.61 bits per heavy atom. The first-order valence-electron chi connectivity index (χ1n) is 7.77. The normalized spacial score (nSPS) is 27.2. The van der Waals surface area contributed by atoms with Crippen molar-refractivity contribution in [1.82, 2.24) is 10.2 Å². The van der Waals surface area contributed by atoms with E-state index in [-0.39, 0.29) is 0 Å². The molecule has 3 heteroatoms. The molecule has 1 N–H and O–H groups in total. The van der Waals surface area contributed by atoms with Crippen LogP contribution >= 0.6 is 0 Å². The second-order valence-corrected chi connectivity index (χ2v) is 6.44. The van der Waals surface area contributed by atoms with Crippen LogP contribution < -0.4 is 5.32 Å². The van der Waals surface area contributed by atoms with Crippen LogP contribution in [-0.2, 0) is 4.74 Å². The van der Waals surface area contributed by atoms with Crippen molar-refractivity contribution in [2.75, 3.05) is 39.4 Å². The number of piperidine rings is 1. The molecule has 0 bridgehead atoms. The summed E-state index contributed by atoms with van der Waals surface area (Å²) in [5.74, 6) is 1.62. The monoisotopic (exact) mass is 254 g/mol. The summed E-state index contributed by atoms with van der Waals surface area (Å²) in [6.07, 6.45) is 5.22. The standard InChI is InChI=1S/C15H30N2O/c1-13(2)11-17-8-4-15(5-9-17)16-7-3-14-6-10-18-12-14/h13-16H,3-12H2,1-2H3. The topological polar surface area (TPSA) is 24.5 Å². The second kappa shape index (κ2) is 7.46. The van der Waals surface area contributed by atoms with E-state index in [1.165, 1.54) is 51.9 Å². The average molecular weight is 254 g/mol. The molecule has 0 saturated carbocycles. The molecule has 106 valence electrons. The minimum Gasteiger partial charge on any atom is -0.381 e. The van der Waals surface area contributed by atoms with Crippen molar-refractivity contribution >= 4 is 0 Å². The van der Waals surface area contributed by atoms with Crippen LogP contribution in [0.2, 0.25) is 0 Å². The van der Waals surface area contributed by atoms with Crippen LogP contribution in [0.15, 0.2) is 0 Å². The van der Waals surface area contributed by atoms with E-state index in [2.05, 4.69) is 24.1 Å². The maximum absolute atomic E-state index is 5.42. The van der Waals surface area contributed by atoms with E-state index in [0.717, 1.165) is 31.1 Å². The molecule has 0 amide bonds. The smallest absolute Gasteiger partial charge is 0.0495 e. The third-order valence-electron chi connectivity index (χ3n) is 4.22. The van der Waals surface area contributed by atoms with Crippen LogP contribution in [0.5, 0.6) is 0 Å². The Balaban J connectivity index is 1.53. The Labute approximate surface area is 112 Å². The number of hydrogen-bond acceptors (Lipinski definition) is 3. The van der Waals surface area contributed by atoms with Crippen LogP contribution in [0.1, 0.15) is 39.5 Å². The molecule has 2 heterocycles. The third-order valence-corrected chi connectivity index (χ3v) is 4.22. The second-order valence-electron chi connectivity index (χ2n) is 6.44. The van der Waals surface area contributed by atoms with Crippen LogP contribution in [0, 0.1) is 11.8 Å². The fourth-order valence-corrected chi connectivity index (χ4v) is 3.14. The van der Waals surface area contributed by atoms with Gasteiger partial charge in [0.2, 0.25) is 0 Å². The van der Waals surface area contributed by atoms with Crippen molar-refractivity contribution in [2.45, 2.75) is 45.6 Å². The first-order chi connectivity index (χ1) is 8.74. The van der Waals surface area contributed by atoms with Gasteiger partial charge in [-0.05, 0) is 57.2 Å². The van der Waals surface area contributed by atoms with Gasteiger partial charge < -0.3 is 15.0 Å². The van der Waals surface area contributed by atoms with E-state index in [9.17, 15) is 0 Å². The van der Waals surface area contributed by atoms with Crippen LogP contribution in [0.25, 0.3) is 0 Å². The lowest BCUT2D eigenvalue weighted by Crippen LogP contribution is -2.44. The first-order valence-corrected chi connectivity index (χ1v) is 7.77. The molecule has 0 spiro atoms. The van der Waals surface area contributed by atoms with Crippen molar-refractivity contribution in [3.8, 4) is 0 Å². The average Bonchev–Trinajstić information content (AvgIpc) is 2.84. The highest BCUT2D eigenvalue weighted by molar-refractivity contribution is 4.78. The SMILES string of the molecule is CC(C)CN1CCC(NCCC2CCOC2)CC1. The van der Waals surface area contributed by atoms with E-state index < -0.39 is 0 Å². The van der Waals surface area contributed by atoms with Crippen LogP contribution in [-0.4, -0.2) is 50.3 Å². The van der Waals surface area contributed by atoms with Crippen LogP contribution in [0.4, 0.5) is 0 Å². The molecular formula is C15H30N2O. The molecular weight excluding hydrogens is 224 g/mol. The van der Waals surface area contributed by atoms with Crippen molar-refractivity contribution in [2.24, 2.45) is 11.8 Å². The summed E-state index contributed by atoms with van der Waals surface area (Å²) in [6, 6.07) is 0.760. The molecule has 2 saturated heterocycles. The molecule has 0 radical (unpaired) electrons. The van der Waals surface area contributed by atoms with Gasteiger partial charge in [0.15, 0.2) is 0 Å². The van der Waals surface area contributed by atoms with Crippen LogP contribution in [0.3, 0.4) is 0 Å². The quantitative estimate of drug-likeness (QED) is 0.786. The number of likely N-dealkylation sites (tertiary alicyclic amines) is 1. The van der Waals surface area contributed by atoms with Gasteiger partial charge >= 0.3 is 0 Å². The lowest BCUT2D eigenvalue weighted by atomic mass is 10.0. The highest BCUT2D eigenvalue weighted by Gasteiger charge is 2.20. The Hall–Kier alpha value is -0.120. The summed E-state index contributed by atoms with van der Waals surface area (Å²) in [4.78, 5) is 2.62. The van der Waals surface area contributed by atoms with Gasteiger partial charge in [0, 0.05) is 25.8 Å². The Bertz CT molecular complexity index is 219.